The van der Waals surface area contributed by atoms with Crippen molar-refractivity contribution in [2.45, 2.75) is 19.4 Å². The minimum Gasteiger partial charge on any atom is -0.507 e. The smallest absolute Gasteiger partial charge is 0.295 e. The number of fused-ring (bicyclic) bond motifs is 1. The maximum Gasteiger partial charge on any atom is 0.295 e. The topological polar surface area (TPSA) is 79.3 Å². The SMILES string of the molecule is Cc1ccc([C@@H]2C(=C(O)c3ccc4c(c3)OCCO4)C(=O)C(=O)N2CCCN(C)C)cc1. The molecule has 7 heteroatoms. The van der Waals surface area contributed by atoms with Crippen molar-refractivity contribution in [2.24, 2.45) is 0 Å². The lowest BCUT2D eigenvalue weighted by molar-refractivity contribution is -0.139. The van der Waals surface area contributed by atoms with Gasteiger partial charge in [-0.1, -0.05) is 29.8 Å². The van der Waals surface area contributed by atoms with Crippen LogP contribution in [0, 0.1) is 6.92 Å². The second-order valence-electron chi connectivity index (χ2n) is 8.42. The van der Waals surface area contributed by atoms with Crippen LogP contribution < -0.4 is 9.47 Å². The Morgan fingerprint density at radius 3 is 2.44 bits per heavy atom. The number of aryl methyl sites for hydroxylation is 1. The zero-order valence-corrected chi connectivity index (χ0v) is 18.6. The van der Waals surface area contributed by atoms with Crippen molar-refractivity contribution >= 4 is 17.4 Å². The normalized spacial score (nSPS) is 19.6. The first-order chi connectivity index (χ1) is 15.4. The average molecular weight is 437 g/mol. The molecule has 0 aliphatic carbocycles. The molecule has 1 atom stereocenters. The third-order valence-corrected chi connectivity index (χ3v) is 5.75. The Bertz CT molecular complexity index is 1060. The molecule has 1 saturated heterocycles. The van der Waals surface area contributed by atoms with Crippen molar-refractivity contribution in [3.05, 3.63) is 64.7 Å². The number of aliphatic hydroxyl groups is 1. The van der Waals surface area contributed by atoms with Crippen LogP contribution in [-0.2, 0) is 9.59 Å². The summed E-state index contributed by atoms with van der Waals surface area (Å²) in [4.78, 5) is 29.7. The lowest BCUT2D eigenvalue weighted by atomic mass is 9.94. The van der Waals surface area contributed by atoms with E-state index >= 15 is 0 Å². The van der Waals surface area contributed by atoms with Gasteiger partial charge in [-0.3, -0.25) is 9.59 Å². The largest absolute Gasteiger partial charge is 0.507 e. The molecule has 2 aliphatic rings. The van der Waals surface area contributed by atoms with Crippen LogP contribution in [0.25, 0.3) is 5.76 Å². The van der Waals surface area contributed by atoms with Crippen molar-refractivity contribution in [1.82, 2.24) is 9.80 Å². The van der Waals surface area contributed by atoms with Gasteiger partial charge < -0.3 is 24.4 Å². The third kappa shape index (κ3) is 4.21. The Balaban J connectivity index is 1.77. The molecule has 4 rings (SSSR count). The van der Waals surface area contributed by atoms with E-state index in [0.29, 0.717) is 43.2 Å². The van der Waals surface area contributed by atoms with Crippen molar-refractivity contribution in [3.63, 3.8) is 0 Å². The molecule has 1 fully saturated rings. The highest BCUT2D eigenvalue weighted by molar-refractivity contribution is 6.46. The van der Waals surface area contributed by atoms with Gasteiger partial charge >= 0.3 is 0 Å². The van der Waals surface area contributed by atoms with Gasteiger partial charge in [0.2, 0.25) is 0 Å². The highest BCUT2D eigenvalue weighted by atomic mass is 16.6. The molecule has 2 heterocycles. The minimum absolute atomic E-state index is 0.0976. The van der Waals surface area contributed by atoms with Gasteiger partial charge in [0.25, 0.3) is 11.7 Å². The molecule has 0 aromatic heterocycles. The molecule has 2 aliphatic heterocycles. The fourth-order valence-electron chi connectivity index (χ4n) is 4.11. The van der Waals surface area contributed by atoms with Gasteiger partial charge in [-0.05, 0) is 57.7 Å². The molecule has 0 unspecified atom stereocenters. The van der Waals surface area contributed by atoms with E-state index in [1.807, 2.05) is 50.2 Å². The van der Waals surface area contributed by atoms with Crippen molar-refractivity contribution < 1.29 is 24.2 Å². The fourth-order valence-corrected chi connectivity index (χ4v) is 4.11. The number of likely N-dealkylation sites (tertiary alicyclic amines) is 1. The van der Waals surface area contributed by atoms with E-state index in [0.717, 1.165) is 17.7 Å². The summed E-state index contributed by atoms with van der Waals surface area (Å²) in [6.07, 6.45) is 0.715. The predicted octanol–water partition coefficient (Wildman–Crippen LogP) is 3.14. The van der Waals surface area contributed by atoms with Gasteiger partial charge in [0, 0.05) is 12.1 Å². The fraction of sp³-hybridized carbons (Fsp3) is 0.360. The minimum atomic E-state index is -0.673. The van der Waals surface area contributed by atoms with Crippen LogP contribution in [0.4, 0.5) is 0 Å². The van der Waals surface area contributed by atoms with Gasteiger partial charge in [0.15, 0.2) is 11.5 Å². The molecule has 0 saturated carbocycles. The number of aliphatic hydroxyl groups excluding tert-OH is 1. The summed E-state index contributed by atoms with van der Waals surface area (Å²) in [6, 6.07) is 12.1. The molecule has 2 aromatic carbocycles. The van der Waals surface area contributed by atoms with Gasteiger partial charge in [-0.15, -0.1) is 0 Å². The number of hydrogen-bond acceptors (Lipinski definition) is 6. The summed E-state index contributed by atoms with van der Waals surface area (Å²) in [7, 11) is 3.93. The molecule has 2 aromatic rings. The highest BCUT2D eigenvalue weighted by Gasteiger charge is 2.45. The summed E-state index contributed by atoms with van der Waals surface area (Å²) < 4.78 is 11.2. The molecular formula is C25H28N2O5. The zero-order valence-electron chi connectivity index (χ0n) is 18.6. The van der Waals surface area contributed by atoms with Gasteiger partial charge in [-0.25, -0.2) is 0 Å². The summed E-state index contributed by atoms with van der Waals surface area (Å²) in [5.74, 6) is -0.373. The number of ketones is 1. The van der Waals surface area contributed by atoms with Crippen LogP contribution in [-0.4, -0.2) is 67.0 Å². The van der Waals surface area contributed by atoms with E-state index in [4.69, 9.17) is 9.47 Å². The Hall–Kier alpha value is -3.32. The first-order valence-corrected chi connectivity index (χ1v) is 10.8. The molecular weight excluding hydrogens is 408 g/mol. The van der Waals surface area contributed by atoms with Crippen LogP contribution in [0.3, 0.4) is 0 Å². The van der Waals surface area contributed by atoms with Crippen LogP contribution >= 0.6 is 0 Å². The lowest BCUT2D eigenvalue weighted by Crippen LogP contribution is -2.32. The Kier molecular flexibility index (Phi) is 6.19. The molecule has 0 bridgehead atoms. The Labute approximate surface area is 187 Å². The average Bonchev–Trinajstić information content (AvgIpc) is 3.03. The van der Waals surface area contributed by atoms with Crippen LogP contribution in [0.1, 0.15) is 29.2 Å². The van der Waals surface area contributed by atoms with E-state index in [1.54, 1.807) is 23.1 Å². The van der Waals surface area contributed by atoms with Crippen molar-refractivity contribution in [3.8, 4) is 11.5 Å². The van der Waals surface area contributed by atoms with Crippen LogP contribution in [0.15, 0.2) is 48.0 Å². The first kappa shape index (κ1) is 21.9. The van der Waals surface area contributed by atoms with Crippen molar-refractivity contribution in [2.75, 3.05) is 40.4 Å². The predicted molar refractivity (Wildman–Crippen MR) is 121 cm³/mol. The number of carbonyl (C=O) groups is 2. The third-order valence-electron chi connectivity index (χ3n) is 5.75. The molecule has 0 radical (unpaired) electrons. The number of hydrogen-bond donors (Lipinski definition) is 1. The van der Waals surface area contributed by atoms with E-state index in [-0.39, 0.29) is 11.3 Å². The summed E-state index contributed by atoms with van der Waals surface area (Å²) in [5.41, 5.74) is 2.38. The summed E-state index contributed by atoms with van der Waals surface area (Å²) in [6.45, 7) is 4.05. The number of amides is 1. The quantitative estimate of drug-likeness (QED) is 0.426. The number of nitrogens with zero attached hydrogens (tertiary/aromatic N) is 2. The van der Waals surface area contributed by atoms with E-state index < -0.39 is 17.7 Å². The molecule has 0 spiro atoms. The number of benzene rings is 2. The van der Waals surface area contributed by atoms with Crippen LogP contribution in [0.2, 0.25) is 0 Å². The molecule has 7 nitrogen and oxygen atoms in total. The van der Waals surface area contributed by atoms with Crippen molar-refractivity contribution in [1.29, 1.82) is 0 Å². The number of ether oxygens (including phenoxy) is 2. The zero-order chi connectivity index (χ0) is 22.8. The van der Waals surface area contributed by atoms with E-state index in [1.165, 1.54) is 0 Å². The standard InChI is InChI=1S/C25H28N2O5/c1-16-5-7-17(8-6-16)22-21(24(29)25(30)27(22)12-4-11-26(2)3)23(28)18-9-10-19-20(15-18)32-14-13-31-19/h5-10,15,22,28H,4,11-14H2,1-3H3/t22-/m1/s1. The second kappa shape index (κ2) is 9.04. The number of carbonyl (C=O) groups excluding carboxylic acids is 2. The number of rotatable bonds is 6. The summed E-state index contributed by atoms with van der Waals surface area (Å²) in [5, 5.41) is 11.2. The first-order valence-electron chi connectivity index (χ1n) is 10.8. The highest BCUT2D eigenvalue weighted by Crippen LogP contribution is 2.41. The molecule has 32 heavy (non-hydrogen) atoms. The Morgan fingerprint density at radius 2 is 1.75 bits per heavy atom. The van der Waals surface area contributed by atoms with E-state index in [2.05, 4.69) is 0 Å². The van der Waals surface area contributed by atoms with Gasteiger partial charge in [0.05, 0.1) is 11.6 Å². The van der Waals surface area contributed by atoms with E-state index in [9.17, 15) is 14.7 Å². The second-order valence-corrected chi connectivity index (χ2v) is 8.42. The number of Topliss-reactive ketones (excluding diaryl/α,β-unsaturated/α-hetero) is 1. The lowest BCUT2D eigenvalue weighted by Gasteiger charge is -2.26. The molecule has 1 N–H and O–H groups in total. The van der Waals surface area contributed by atoms with Gasteiger partial charge in [0.1, 0.15) is 19.0 Å². The molecule has 1 amide bonds. The maximum absolute atomic E-state index is 13.1. The van der Waals surface area contributed by atoms with Crippen LogP contribution in [0.5, 0.6) is 11.5 Å². The Morgan fingerprint density at radius 1 is 1.06 bits per heavy atom. The monoisotopic (exact) mass is 436 g/mol. The van der Waals surface area contributed by atoms with Gasteiger partial charge in [-0.2, -0.15) is 0 Å². The molecule has 168 valence electrons. The summed E-state index contributed by atoms with van der Waals surface area (Å²) >= 11 is 0. The maximum atomic E-state index is 13.1.